The van der Waals surface area contributed by atoms with E-state index in [1.165, 1.54) is 18.4 Å². The summed E-state index contributed by atoms with van der Waals surface area (Å²) in [4.78, 5) is 2.44. The molecule has 1 heterocycles. The normalized spacial score (nSPS) is 18.9. The van der Waals surface area contributed by atoms with Crippen LogP contribution in [0.1, 0.15) is 38.3 Å². The molecule has 1 aliphatic heterocycles. The molecule has 0 spiro atoms. The molecule has 1 aromatic carbocycles. The Labute approximate surface area is 129 Å². The van der Waals surface area contributed by atoms with Crippen molar-refractivity contribution in [2.45, 2.75) is 32.7 Å². The van der Waals surface area contributed by atoms with Crippen molar-refractivity contribution in [3.63, 3.8) is 0 Å². The van der Waals surface area contributed by atoms with Crippen LogP contribution in [0, 0.1) is 11.3 Å². The summed E-state index contributed by atoms with van der Waals surface area (Å²) in [6, 6.07) is 10.5. The van der Waals surface area contributed by atoms with Crippen LogP contribution in [0.25, 0.3) is 0 Å². The summed E-state index contributed by atoms with van der Waals surface area (Å²) in [5, 5.41) is 0. The van der Waals surface area contributed by atoms with Gasteiger partial charge in [-0.05, 0) is 36.8 Å². The largest absolute Gasteiger partial charge is 0.381 e. The third-order valence-electron chi connectivity index (χ3n) is 4.59. The van der Waals surface area contributed by atoms with Crippen molar-refractivity contribution < 1.29 is 4.74 Å². The first-order valence-electron chi connectivity index (χ1n) is 8.06. The van der Waals surface area contributed by atoms with E-state index in [0.717, 1.165) is 32.2 Å². The maximum absolute atomic E-state index is 6.51. The van der Waals surface area contributed by atoms with Crippen LogP contribution in [0.3, 0.4) is 0 Å². The summed E-state index contributed by atoms with van der Waals surface area (Å²) in [6.45, 7) is 8.54. The van der Waals surface area contributed by atoms with Crippen LogP contribution in [0.2, 0.25) is 0 Å². The molecule has 21 heavy (non-hydrogen) atoms. The Morgan fingerprint density at radius 1 is 1.24 bits per heavy atom. The molecule has 0 bridgehead atoms. The molecule has 1 aliphatic rings. The Kier molecular flexibility index (Phi) is 5.80. The Hall–Kier alpha value is -0.900. The molecule has 0 radical (unpaired) electrons. The highest BCUT2D eigenvalue weighted by Crippen LogP contribution is 2.32. The third-order valence-corrected chi connectivity index (χ3v) is 4.59. The highest BCUT2D eigenvalue weighted by molar-refractivity contribution is 5.20. The van der Waals surface area contributed by atoms with E-state index in [0.29, 0.717) is 0 Å². The van der Waals surface area contributed by atoms with Gasteiger partial charge in [0.25, 0.3) is 0 Å². The maximum atomic E-state index is 6.51. The summed E-state index contributed by atoms with van der Waals surface area (Å²) < 4.78 is 5.44. The molecule has 118 valence electrons. The van der Waals surface area contributed by atoms with Gasteiger partial charge in [-0.2, -0.15) is 0 Å². The van der Waals surface area contributed by atoms with Crippen molar-refractivity contribution in [1.29, 1.82) is 0 Å². The zero-order chi connectivity index (χ0) is 15.3. The van der Waals surface area contributed by atoms with Crippen LogP contribution in [0.15, 0.2) is 30.3 Å². The first-order valence-corrected chi connectivity index (χ1v) is 8.06. The SMILES string of the molecule is CN(CC1CCOCC1)CC(C)(C)C(N)c1ccccc1. The fraction of sp³-hybridized carbons (Fsp3) is 0.667. The summed E-state index contributed by atoms with van der Waals surface area (Å²) in [7, 11) is 2.22. The number of nitrogens with zero attached hydrogens (tertiary/aromatic N) is 1. The number of nitrogens with two attached hydrogens (primary N) is 1. The van der Waals surface area contributed by atoms with Crippen molar-refractivity contribution in [2.24, 2.45) is 17.1 Å². The lowest BCUT2D eigenvalue weighted by atomic mass is 9.80. The number of ether oxygens (including phenoxy) is 1. The van der Waals surface area contributed by atoms with Crippen molar-refractivity contribution in [3.05, 3.63) is 35.9 Å². The van der Waals surface area contributed by atoms with Crippen LogP contribution in [0.5, 0.6) is 0 Å². The van der Waals surface area contributed by atoms with Gasteiger partial charge in [-0.1, -0.05) is 44.2 Å². The zero-order valence-electron chi connectivity index (χ0n) is 13.7. The first kappa shape index (κ1) is 16.5. The van der Waals surface area contributed by atoms with E-state index in [9.17, 15) is 0 Å². The molecule has 0 aromatic heterocycles. The van der Waals surface area contributed by atoms with E-state index in [2.05, 4.69) is 50.1 Å². The second-order valence-electron chi connectivity index (χ2n) is 7.13. The van der Waals surface area contributed by atoms with Gasteiger partial charge < -0.3 is 15.4 Å². The van der Waals surface area contributed by atoms with E-state index >= 15 is 0 Å². The van der Waals surface area contributed by atoms with Crippen molar-refractivity contribution >= 4 is 0 Å². The summed E-state index contributed by atoms with van der Waals surface area (Å²) in [5.74, 6) is 0.771. The predicted molar refractivity (Wildman–Crippen MR) is 88.2 cm³/mol. The van der Waals surface area contributed by atoms with E-state index in [1.807, 2.05) is 6.07 Å². The van der Waals surface area contributed by atoms with E-state index in [-0.39, 0.29) is 11.5 Å². The molecule has 3 nitrogen and oxygen atoms in total. The highest BCUT2D eigenvalue weighted by Gasteiger charge is 2.29. The van der Waals surface area contributed by atoms with Crippen LogP contribution in [0.4, 0.5) is 0 Å². The molecular formula is C18H30N2O. The number of rotatable bonds is 6. The average molecular weight is 290 g/mol. The number of hydrogen-bond donors (Lipinski definition) is 1. The van der Waals surface area contributed by atoms with Crippen LogP contribution < -0.4 is 5.73 Å². The minimum atomic E-state index is 0.0568. The Morgan fingerprint density at radius 3 is 2.48 bits per heavy atom. The van der Waals surface area contributed by atoms with E-state index in [4.69, 9.17) is 10.5 Å². The summed E-state index contributed by atoms with van der Waals surface area (Å²) in [6.07, 6.45) is 2.38. The Morgan fingerprint density at radius 2 is 1.86 bits per heavy atom. The van der Waals surface area contributed by atoms with Gasteiger partial charge in [0.05, 0.1) is 0 Å². The van der Waals surface area contributed by atoms with Crippen molar-refractivity contribution in [1.82, 2.24) is 4.90 Å². The lowest BCUT2D eigenvalue weighted by Crippen LogP contribution is -2.41. The second-order valence-corrected chi connectivity index (χ2v) is 7.13. The highest BCUT2D eigenvalue weighted by atomic mass is 16.5. The Balaban J connectivity index is 1.89. The molecule has 2 N–H and O–H groups in total. The van der Waals surface area contributed by atoms with Crippen molar-refractivity contribution in [3.8, 4) is 0 Å². The molecule has 0 amide bonds. The van der Waals surface area contributed by atoms with Gasteiger partial charge in [0, 0.05) is 32.3 Å². The van der Waals surface area contributed by atoms with E-state index in [1.54, 1.807) is 0 Å². The minimum absolute atomic E-state index is 0.0568. The molecular weight excluding hydrogens is 260 g/mol. The van der Waals surface area contributed by atoms with Crippen LogP contribution in [-0.2, 0) is 4.74 Å². The number of hydrogen-bond acceptors (Lipinski definition) is 3. The third kappa shape index (κ3) is 4.80. The fourth-order valence-corrected chi connectivity index (χ4v) is 3.34. The molecule has 3 heteroatoms. The Bertz CT molecular complexity index is 412. The van der Waals surface area contributed by atoms with Crippen LogP contribution in [-0.4, -0.2) is 38.3 Å². The zero-order valence-corrected chi connectivity index (χ0v) is 13.7. The lowest BCUT2D eigenvalue weighted by Gasteiger charge is -2.37. The molecule has 1 saturated heterocycles. The molecule has 1 unspecified atom stereocenters. The van der Waals surface area contributed by atoms with Crippen molar-refractivity contribution in [2.75, 3.05) is 33.4 Å². The van der Waals surface area contributed by atoms with Crippen LogP contribution >= 0.6 is 0 Å². The molecule has 1 atom stereocenters. The monoisotopic (exact) mass is 290 g/mol. The molecule has 1 aromatic rings. The van der Waals surface area contributed by atoms with Gasteiger partial charge in [0.1, 0.15) is 0 Å². The molecule has 1 fully saturated rings. The smallest absolute Gasteiger partial charge is 0.0469 e. The first-order chi connectivity index (χ1) is 9.99. The quantitative estimate of drug-likeness (QED) is 0.875. The minimum Gasteiger partial charge on any atom is -0.381 e. The molecule has 2 rings (SSSR count). The summed E-state index contributed by atoms with van der Waals surface area (Å²) >= 11 is 0. The maximum Gasteiger partial charge on any atom is 0.0469 e. The second kappa shape index (κ2) is 7.39. The topological polar surface area (TPSA) is 38.5 Å². The predicted octanol–water partition coefficient (Wildman–Crippen LogP) is 3.07. The van der Waals surface area contributed by atoms with Gasteiger partial charge in [-0.3, -0.25) is 0 Å². The molecule has 0 saturated carbocycles. The standard InChI is InChI=1S/C18H30N2O/c1-18(2,17(19)16-7-5-4-6-8-16)14-20(3)13-15-9-11-21-12-10-15/h4-8,15,17H,9-14,19H2,1-3H3. The van der Waals surface area contributed by atoms with E-state index < -0.39 is 0 Å². The molecule has 0 aliphatic carbocycles. The van der Waals surface area contributed by atoms with Gasteiger partial charge in [0.2, 0.25) is 0 Å². The fourth-order valence-electron chi connectivity index (χ4n) is 3.34. The average Bonchev–Trinajstić information content (AvgIpc) is 2.47. The lowest BCUT2D eigenvalue weighted by molar-refractivity contribution is 0.0497. The van der Waals surface area contributed by atoms with Gasteiger partial charge in [-0.15, -0.1) is 0 Å². The number of benzene rings is 1. The van der Waals surface area contributed by atoms with Gasteiger partial charge >= 0.3 is 0 Å². The van der Waals surface area contributed by atoms with Gasteiger partial charge in [-0.25, -0.2) is 0 Å². The summed E-state index contributed by atoms with van der Waals surface area (Å²) in [5.41, 5.74) is 7.79. The van der Waals surface area contributed by atoms with Gasteiger partial charge in [0.15, 0.2) is 0 Å².